The number of hydrogen-bond donors (Lipinski definition) is 2. The molecular formula is C31H38ClFN6O4Si. The summed E-state index contributed by atoms with van der Waals surface area (Å²) in [4.78, 5) is 30.7. The van der Waals surface area contributed by atoms with Gasteiger partial charge in [-0.15, -0.1) is 5.10 Å². The first-order valence-electron chi connectivity index (χ1n) is 15.1. The Morgan fingerprint density at radius 1 is 1.23 bits per heavy atom. The summed E-state index contributed by atoms with van der Waals surface area (Å²) in [5, 5.41) is 21.0. The molecule has 3 aromatic rings. The Labute approximate surface area is 262 Å². The molecule has 2 amide bonds. The molecule has 4 atom stereocenters. The third-order valence-electron chi connectivity index (χ3n) is 9.17. The molecule has 6 rings (SSSR count). The number of rotatable bonds is 9. The number of aliphatic hydroxyl groups excluding tert-OH is 1. The van der Waals surface area contributed by atoms with Crippen LogP contribution in [0.15, 0.2) is 48.7 Å². The second kappa shape index (κ2) is 12.0. The Bertz CT molecular complexity index is 1570. The molecule has 4 heterocycles. The molecular weight excluding hydrogens is 603 g/mol. The molecule has 10 nitrogen and oxygen atoms in total. The molecule has 1 aromatic heterocycles. The number of amides is 2. The molecule has 0 saturated carbocycles. The van der Waals surface area contributed by atoms with Gasteiger partial charge in [-0.2, -0.15) is 0 Å². The van der Waals surface area contributed by atoms with Gasteiger partial charge in [0.25, 0.3) is 5.91 Å². The number of halogens is 2. The highest BCUT2D eigenvalue weighted by molar-refractivity contribution is 6.72. The normalized spacial score (nSPS) is 25.4. The number of benzene rings is 2. The van der Waals surface area contributed by atoms with E-state index in [0.29, 0.717) is 54.4 Å². The number of hydrogen-bond acceptors (Lipinski definition) is 7. The molecule has 3 aliphatic heterocycles. The van der Waals surface area contributed by atoms with E-state index in [2.05, 4.69) is 15.6 Å². The molecule has 2 aromatic carbocycles. The van der Waals surface area contributed by atoms with Gasteiger partial charge < -0.3 is 29.1 Å². The number of carbonyl (C=O) groups is 2. The first-order chi connectivity index (χ1) is 21.0. The number of nitrogens with zero attached hydrogens (tertiary/aromatic N) is 5. The second-order valence-corrected chi connectivity index (χ2v) is 16.7. The SMILES string of the molecule is C[C@H]1[C@H]([Si](C)(C)F)[C@@H](CCn2cc(CCO)nn2)O[C@]12C(=O)N(Cc1cccc(N3CCNCC3=O)c1)c1ccc(Cl)cc12. The Hall–Kier alpha value is -3.16. The van der Waals surface area contributed by atoms with Gasteiger partial charge in [-0.3, -0.25) is 14.3 Å². The Morgan fingerprint density at radius 3 is 2.80 bits per heavy atom. The molecule has 13 heteroatoms. The maximum atomic E-state index is 16.1. The summed E-state index contributed by atoms with van der Waals surface area (Å²) in [5.41, 5.74) is 1.84. The van der Waals surface area contributed by atoms with Crippen LogP contribution in [0.3, 0.4) is 0 Å². The van der Waals surface area contributed by atoms with Crippen molar-refractivity contribution in [2.24, 2.45) is 5.92 Å². The topological polar surface area (TPSA) is 113 Å². The molecule has 3 aliphatic rings. The number of aliphatic hydroxyl groups is 1. The van der Waals surface area contributed by atoms with Crippen LogP contribution in [-0.2, 0) is 39.4 Å². The fourth-order valence-electron chi connectivity index (χ4n) is 7.27. The quantitative estimate of drug-likeness (QED) is 0.270. The molecule has 0 unspecified atom stereocenters. The molecule has 44 heavy (non-hydrogen) atoms. The van der Waals surface area contributed by atoms with Gasteiger partial charge in [-0.05, 0) is 55.4 Å². The van der Waals surface area contributed by atoms with Crippen LogP contribution in [0, 0.1) is 5.92 Å². The Balaban J connectivity index is 1.32. The number of ether oxygens (including phenoxy) is 1. The number of fused-ring (bicyclic) bond motifs is 2. The summed E-state index contributed by atoms with van der Waals surface area (Å²) < 4.78 is 24.6. The molecule has 2 fully saturated rings. The van der Waals surface area contributed by atoms with Gasteiger partial charge in [0.2, 0.25) is 14.3 Å². The summed E-state index contributed by atoms with van der Waals surface area (Å²) in [6.07, 6.45) is 2.10. The van der Waals surface area contributed by atoms with E-state index < -0.39 is 31.6 Å². The number of piperazine rings is 1. The van der Waals surface area contributed by atoms with E-state index >= 15 is 4.11 Å². The van der Waals surface area contributed by atoms with Crippen LogP contribution in [0.5, 0.6) is 0 Å². The van der Waals surface area contributed by atoms with E-state index in [1.54, 1.807) is 45.9 Å². The smallest absolute Gasteiger partial charge is 0.264 e. The minimum Gasteiger partial charge on any atom is -0.396 e. The molecule has 2 N–H and O–H groups in total. The highest BCUT2D eigenvalue weighted by Gasteiger charge is 2.66. The van der Waals surface area contributed by atoms with Crippen LogP contribution >= 0.6 is 11.6 Å². The number of aryl methyl sites for hydroxylation is 1. The van der Waals surface area contributed by atoms with Crippen molar-refractivity contribution in [3.8, 4) is 0 Å². The summed E-state index contributed by atoms with van der Waals surface area (Å²) >= 11 is 6.51. The van der Waals surface area contributed by atoms with Crippen LogP contribution in [0.25, 0.3) is 0 Å². The lowest BCUT2D eigenvalue weighted by atomic mass is 9.82. The predicted octanol–water partition coefficient (Wildman–Crippen LogP) is 3.81. The highest BCUT2D eigenvalue weighted by atomic mass is 35.5. The standard InChI is InChI=1S/C31H38ClFN6O4Si/c1-20-29(44(2,3)33)27(9-12-37-19-23(10-14-40)35-36-37)43-31(20)25-16-22(32)7-8-26(25)39(30(31)42)18-21-5-4-6-24(15-21)38-13-11-34-17-28(38)41/h4-8,15-16,19-20,27,29,34,40H,9-14,17-18H2,1-3H3/t20-,27+,29-,31+/m0/s1. The molecule has 0 aliphatic carbocycles. The molecule has 1 spiro atoms. The third kappa shape index (κ3) is 5.47. The number of aromatic nitrogens is 3. The lowest BCUT2D eigenvalue weighted by molar-refractivity contribution is -0.146. The van der Waals surface area contributed by atoms with E-state index in [1.807, 2.05) is 37.3 Å². The van der Waals surface area contributed by atoms with Crippen molar-refractivity contribution in [3.05, 3.63) is 70.5 Å². The number of carbonyl (C=O) groups excluding carboxylic acids is 2. The van der Waals surface area contributed by atoms with Crippen molar-refractivity contribution in [2.75, 3.05) is 36.0 Å². The van der Waals surface area contributed by atoms with Crippen LogP contribution in [0.1, 0.15) is 30.2 Å². The van der Waals surface area contributed by atoms with Gasteiger partial charge in [-0.1, -0.05) is 35.9 Å². The van der Waals surface area contributed by atoms with Crippen LogP contribution in [0.4, 0.5) is 15.5 Å². The summed E-state index contributed by atoms with van der Waals surface area (Å²) in [7, 11) is -3.33. The van der Waals surface area contributed by atoms with Gasteiger partial charge in [0, 0.05) is 66.6 Å². The molecule has 0 radical (unpaired) electrons. The van der Waals surface area contributed by atoms with Gasteiger partial charge in [0.05, 0.1) is 30.6 Å². The minimum absolute atomic E-state index is 0.00312. The number of nitrogens with one attached hydrogen (secondary N) is 1. The van der Waals surface area contributed by atoms with Crippen molar-refractivity contribution in [2.45, 2.75) is 63.2 Å². The molecule has 234 valence electrons. The Kier molecular flexibility index (Phi) is 8.39. The zero-order chi connectivity index (χ0) is 31.2. The predicted molar refractivity (Wildman–Crippen MR) is 168 cm³/mol. The van der Waals surface area contributed by atoms with Gasteiger partial charge in [0.15, 0.2) is 5.60 Å². The van der Waals surface area contributed by atoms with Crippen LogP contribution < -0.4 is 15.1 Å². The van der Waals surface area contributed by atoms with E-state index in [4.69, 9.17) is 16.3 Å². The van der Waals surface area contributed by atoms with Crippen LogP contribution in [0.2, 0.25) is 23.7 Å². The fourth-order valence-corrected chi connectivity index (χ4v) is 9.98. The summed E-state index contributed by atoms with van der Waals surface area (Å²) in [6.45, 7) is 7.53. The molecule has 2 saturated heterocycles. The zero-order valence-electron chi connectivity index (χ0n) is 25.2. The van der Waals surface area contributed by atoms with Crippen molar-refractivity contribution in [1.82, 2.24) is 20.3 Å². The van der Waals surface area contributed by atoms with E-state index in [9.17, 15) is 14.7 Å². The van der Waals surface area contributed by atoms with Gasteiger partial charge >= 0.3 is 0 Å². The van der Waals surface area contributed by atoms with Crippen molar-refractivity contribution < 1.29 is 23.5 Å². The van der Waals surface area contributed by atoms with E-state index in [0.717, 1.165) is 11.3 Å². The fraction of sp³-hybridized carbons (Fsp3) is 0.484. The Morgan fingerprint density at radius 2 is 2.05 bits per heavy atom. The van der Waals surface area contributed by atoms with Crippen molar-refractivity contribution >= 4 is 43.2 Å². The average molecular weight is 641 g/mol. The third-order valence-corrected chi connectivity index (χ3v) is 11.9. The summed E-state index contributed by atoms with van der Waals surface area (Å²) in [6, 6.07) is 13.1. The lowest BCUT2D eigenvalue weighted by Crippen LogP contribution is -2.48. The monoisotopic (exact) mass is 640 g/mol. The average Bonchev–Trinajstić information content (AvgIpc) is 3.62. The van der Waals surface area contributed by atoms with Gasteiger partial charge in [0.1, 0.15) is 0 Å². The van der Waals surface area contributed by atoms with E-state index in [1.165, 1.54) is 0 Å². The first kappa shape index (κ1) is 30.8. The largest absolute Gasteiger partial charge is 0.396 e. The summed E-state index contributed by atoms with van der Waals surface area (Å²) in [5.74, 6) is -0.676. The maximum Gasteiger partial charge on any atom is 0.264 e. The maximum absolute atomic E-state index is 16.1. The second-order valence-electron chi connectivity index (χ2n) is 12.5. The first-order valence-corrected chi connectivity index (χ1v) is 18.4. The van der Waals surface area contributed by atoms with Crippen LogP contribution in [-0.4, -0.2) is 72.7 Å². The van der Waals surface area contributed by atoms with Gasteiger partial charge in [-0.25, -0.2) is 0 Å². The van der Waals surface area contributed by atoms with Crippen molar-refractivity contribution in [1.29, 1.82) is 0 Å². The lowest BCUT2D eigenvalue weighted by Gasteiger charge is -2.31. The zero-order valence-corrected chi connectivity index (χ0v) is 26.9. The number of anilines is 2. The molecule has 0 bridgehead atoms. The van der Waals surface area contributed by atoms with Crippen molar-refractivity contribution in [3.63, 3.8) is 0 Å². The highest BCUT2D eigenvalue weighted by Crippen LogP contribution is 2.60. The van der Waals surface area contributed by atoms with E-state index in [-0.39, 0.29) is 31.5 Å². The minimum atomic E-state index is -3.33.